The lowest BCUT2D eigenvalue weighted by atomic mass is 10.1. The van der Waals surface area contributed by atoms with E-state index in [0.29, 0.717) is 29.5 Å². The van der Waals surface area contributed by atoms with Gasteiger partial charge >= 0.3 is 0 Å². The van der Waals surface area contributed by atoms with Crippen molar-refractivity contribution in [3.63, 3.8) is 0 Å². The molecular formula is C24H26ClN3O5S. The number of hydrogen-bond acceptors (Lipinski definition) is 7. The van der Waals surface area contributed by atoms with E-state index in [-0.39, 0.29) is 24.7 Å². The average molecular weight is 504 g/mol. The summed E-state index contributed by atoms with van der Waals surface area (Å²) in [4.78, 5) is 18.1. The van der Waals surface area contributed by atoms with Gasteiger partial charge in [0.2, 0.25) is 5.91 Å². The summed E-state index contributed by atoms with van der Waals surface area (Å²) in [5.41, 5.74) is 3.51. The molecule has 8 nitrogen and oxygen atoms in total. The highest BCUT2D eigenvalue weighted by molar-refractivity contribution is 7.15. The maximum Gasteiger partial charge on any atom is 0.226 e. The van der Waals surface area contributed by atoms with Crippen LogP contribution >= 0.6 is 23.7 Å². The van der Waals surface area contributed by atoms with Gasteiger partial charge in [0.15, 0.2) is 28.0 Å². The SMILES string of the molecule is COc1ccc(CNC(=O)Cc2csc3nc(-c4ccc(OC)c(OC)c4)cn23)cc1OC.Cl. The van der Waals surface area contributed by atoms with Crippen molar-refractivity contribution in [2.24, 2.45) is 0 Å². The number of aromatic nitrogens is 2. The van der Waals surface area contributed by atoms with Crippen LogP contribution in [-0.2, 0) is 17.8 Å². The molecule has 4 aromatic rings. The van der Waals surface area contributed by atoms with E-state index in [1.807, 2.05) is 52.4 Å². The minimum Gasteiger partial charge on any atom is -0.493 e. The first-order chi connectivity index (χ1) is 16.1. The van der Waals surface area contributed by atoms with E-state index in [1.165, 1.54) is 11.3 Å². The zero-order chi connectivity index (χ0) is 23.4. The predicted molar refractivity (Wildman–Crippen MR) is 134 cm³/mol. The molecule has 10 heteroatoms. The van der Waals surface area contributed by atoms with Gasteiger partial charge in [-0.2, -0.15) is 0 Å². The second-order valence-electron chi connectivity index (χ2n) is 7.22. The summed E-state index contributed by atoms with van der Waals surface area (Å²) in [5.74, 6) is 2.50. The molecule has 0 bridgehead atoms. The number of carbonyl (C=O) groups is 1. The summed E-state index contributed by atoms with van der Waals surface area (Å²) in [7, 11) is 6.38. The molecule has 180 valence electrons. The number of fused-ring (bicyclic) bond motifs is 1. The number of carbonyl (C=O) groups excluding carboxylic acids is 1. The van der Waals surface area contributed by atoms with Crippen LogP contribution in [0.3, 0.4) is 0 Å². The Balaban J connectivity index is 0.00000324. The molecule has 0 fully saturated rings. The first-order valence-corrected chi connectivity index (χ1v) is 11.1. The Hall–Kier alpha value is -3.43. The van der Waals surface area contributed by atoms with Gasteiger partial charge in [-0.25, -0.2) is 4.98 Å². The van der Waals surface area contributed by atoms with Gasteiger partial charge in [0, 0.05) is 29.4 Å². The summed E-state index contributed by atoms with van der Waals surface area (Å²) < 4.78 is 23.2. The fourth-order valence-electron chi connectivity index (χ4n) is 3.51. The van der Waals surface area contributed by atoms with E-state index >= 15 is 0 Å². The molecule has 0 radical (unpaired) electrons. The second kappa shape index (κ2) is 11.1. The number of benzene rings is 2. The highest BCUT2D eigenvalue weighted by Gasteiger charge is 2.14. The molecule has 0 atom stereocenters. The Morgan fingerprint density at radius 3 is 2.26 bits per heavy atom. The van der Waals surface area contributed by atoms with E-state index in [4.69, 9.17) is 23.9 Å². The maximum absolute atomic E-state index is 12.6. The number of thiazole rings is 1. The highest BCUT2D eigenvalue weighted by Crippen LogP contribution is 2.33. The van der Waals surface area contributed by atoms with E-state index in [1.54, 1.807) is 28.4 Å². The third kappa shape index (κ3) is 5.21. The zero-order valence-electron chi connectivity index (χ0n) is 19.3. The van der Waals surface area contributed by atoms with Crippen molar-refractivity contribution >= 4 is 34.6 Å². The lowest BCUT2D eigenvalue weighted by molar-refractivity contribution is -0.120. The number of rotatable bonds is 9. The van der Waals surface area contributed by atoms with Gasteiger partial charge in [-0.3, -0.25) is 9.20 Å². The van der Waals surface area contributed by atoms with Gasteiger partial charge in [-0.1, -0.05) is 6.07 Å². The van der Waals surface area contributed by atoms with E-state index < -0.39 is 0 Å². The smallest absolute Gasteiger partial charge is 0.226 e. The number of nitrogens with zero attached hydrogens (tertiary/aromatic N) is 2. The molecule has 1 amide bonds. The molecule has 34 heavy (non-hydrogen) atoms. The number of methoxy groups -OCH3 is 4. The van der Waals surface area contributed by atoms with E-state index in [0.717, 1.165) is 27.5 Å². The molecule has 0 aliphatic rings. The minimum atomic E-state index is -0.0779. The third-order valence-corrected chi connectivity index (χ3v) is 6.13. The summed E-state index contributed by atoms with van der Waals surface area (Å²) in [5, 5.41) is 4.92. The molecule has 4 rings (SSSR count). The third-order valence-electron chi connectivity index (χ3n) is 5.24. The van der Waals surface area contributed by atoms with Gasteiger partial charge in [0.1, 0.15) is 0 Å². The van der Waals surface area contributed by atoms with Gasteiger partial charge in [-0.15, -0.1) is 23.7 Å². The van der Waals surface area contributed by atoms with Gasteiger partial charge in [0.25, 0.3) is 0 Å². The van der Waals surface area contributed by atoms with Crippen molar-refractivity contribution in [2.75, 3.05) is 28.4 Å². The number of amides is 1. The Bertz CT molecular complexity index is 1290. The summed E-state index contributed by atoms with van der Waals surface area (Å²) in [6, 6.07) is 11.3. The normalized spacial score (nSPS) is 10.5. The number of nitrogens with one attached hydrogen (secondary N) is 1. The Morgan fingerprint density at radius 1 is 0.941 bits per heavy atom. The first kappa shape index (κ1) is 25.2. The van der Waals surface area contributed by atoms with Crippen molar-refractivity contribution in [3.8, 4) is 34.3 Å². The van der Waals surface area contributed by atoms with Crippen molar-refractivity contribution in [1.82, 2.24) is 14.7 Å². The molecule has 2 heterocycles. The molecule has 0 spiro atoms. The van der Waals surface area contributed by atoms with Crippen molar-refractivity contribution in [1.29, 1.82) is 0 Å². The summed E-state index contributed by atoms with van der Waals surface area (Å²) in [6.07, 6.45) is 2.18. The van der Waals surface area contributed by atoms with Crippen LogP contribution in [0.5, 0.6) is 23.0 Å². The second-order valence-corrected chi connectivity index (χ2v) is 8.05. The van der Waals surface area contributed by atoms with Crippen LogP contribution in [0.4, 0.5) is 0 Å². The van der Waals surface area contributed by atoms with Crippen molar-refractivity contribution in [2.45, 2.75) is 13.0 Å². The lowest BCUT2D eigenvalue weighted by Gasteiger charge is -2.10. The minimum absolute atomic E-state index is 0. The maximum atomic E-state index is 12.6. The van der Waals surface area contributed by atoms with Gasteiger partial charge < -0.3 is 24.3 Å². The average Bonchev–Trinajstić information content (AvgIpc) is 3.44. The molecule has 0 unspecified atom stereocenters. The van der Waals surface area contributed by atoms with Crippen LogP contribution in [0.15, 0.2) is 48.0 Å². The van der Waals surface area contributed by atoms with Crippen molar-refractivity contribution in [3.05, 3.63) is 59.2 Å². The fraction of sp³-hybridized carbons (Fsp3) is 0.250. The highest BCUT2D eigenvalue weighted by atomic mass is 35.5. The summed E-state index contributed by atoms with van der Waals surface area (Å²) in [6.45, 7) is 0.396. The molecule has 1 N–H and O–H groups in total. The number of halogens is 1. The van der Waals surface area contributed by atoms with E-state index in [2.05, 4.69) is 5.32 Å². The lowest BCUT2D eigenvalue weighted by Crippen LogP contribution is -2.25. The number of imidazole rings is 1. The van der Waals surface area contributed by atoms with Crippen LogP contribution < -0.4 is 24.3 Å². The standard InChI is InChI=1S/C24H25N3O5S.ClH/c1-29-19-7-5-15(9-21(19)31-3)12-25-23(28)11-17-14-33-24-26-18(13-27(17)24)16-6-8-20(30-2)22(10-16)32-4;/h5-10,13-14H,11-12H2,1-4H3,(H,25,28);1H. The molecule has 0 saturated carbocycles. The van der Waals surface area contributed by atoms with Crippen LogP contribution in [-0.4, -0.2) is 43.7 Å². The molecule has 2 aromatic heterocycles. The van der Waals surface area contributed by atoms with E-state index in [9.17, 15) is 4.79 Å². The molecular weight excluding hydrogens is 478 g/mol. The van der Waals surface area contributed by atoms with Crippen molar-refractivity contribution < 1.29 is 23.7 Å². The molecule has 0 saturated heterocycles. The fourth-order valence-corrected chi connectivity index (χ4v) is 4.38. The largest absolute Gasteiger partial charge is 0.493 e. The summed E-state index contributed by atoms with van der Waals surface area (Å²) >= 11 is 1.50. The number of ether oxygens (including phenoxy) is 4. The zero-order valence-corrected chi connectivity index (χ0v) is 20.9. The molecule has 0 aliphatic heterocycles. The predicted octanol–water partition coefficient (Wildman–Crippen LogP) is 4.38. The van der Waals surface area contributed by atoms with Gasteiger partial charge in [-0.05, 0) is 35.9 Å². The Morgan fingerprint density at radius 2 is 1.59 bits per heavy atom. The topological polar surface area (TPSA) is 83.3 Å². The first-order valence-electron chi connectivity index (χ1n) is 10.2. The molecule has 2 aromatic carbocycles. The van der Waals surface area contributed by atoms with Crippen LogP contribution in [0.25, 0.3) is 16.2 Å². The Labute approximate surface area is 207 Å². The Kier molecular flexibility index (Phi) is 8.25. The quantitative estimate of drug-likeness (QED) is 0.365. The van der Waals surface area contributed by atoms with Crippen LogP contribution in [0.2, 0.25) is 0 Å². The monoisotopic (exact) mass is 503 g/mol. The molecule has 0 aliphatic carbocycles. The number of hydrogen-bond donors (Lipinski definition) is 1. The van der Waals surface area contributed by atoms with Gasteiger partial charge in [0.05, 0.1) is 40.6 Å². The van der Waals surface area contributed by atoms with Crippen LogP contribution in [0.1, 0.15) is 11.3 Å². The van der Waals surface area contributed by atoms with Crippen LogP contribution in [0, 0.1) is 0 Å².